The molecule has 9 heteroatoms. The first-order valence-corrected chi connectivity index (χ1v) is 10.1. The van der Waals surface area contributed by atoms with Gasteiger partial charge < -0.3 is 5.73 Å². The highest BCUT2D eigenvalue weighted by Gasteiger charge is 2.23. The molecule has 2 aromatic heterocycles. The van der Waals surface area contributed by atoms with Crippen molar-refractivity contribution < 1.29 is 16.8 Å². The average molecular weight is 337 g/mol. The summed E-state index contributed by atoms with van der Waals surface area (Å²) in [6.07, 6.45) is 1.05. The molecule has 0 aromatic carbocycles. The first-order chi connectivity index (χ1) is 8.75. The van der Waals surface area contributed by atoms with Crippen LogP contribution in [-0.2, 0) is 26.2 Å². The van der Waals surface area contributed by atoms with Gasteiger partial charge in [-0.25, -0.2) is 16.8 Å². The molecule has 0 aliphatic rings. The molecule has 2 aromatic rings. The van der Waals surface area contributed by atoms with Crippen LogP contribution in [0.15, 0.2) is 36.9 Å². The minimum atomic E-state index is -3.65. The van der Waals surface area contributed by atoms with Crippen LogP contribution in [0.3, 0.4) is 0 Å². The molecule has 0 bridgehead atoms. The van der Waals surface area contributed by atoms with Gasteiger partial charge in [0, 0.05) is 17.7 Å². The first kappa shape index (κ1) is 14.7. The van der Waals surface area contributed by atoms with Crippen LogP contribution < -0.4 is 5.73 Å². The lowest BCUT2D eigenvalue weighted by Crippen LogP contribution is -1.96. The molecular weight excluding hydrogens is 326 g/mol. The Balaban J connectivity index is 2.48. The van der Waals surface area contributed by atoms with Crippen molar-refractivity contribution in [3.8, 4) is 0 Å². The highest BCUT2D eigenvalue weighted by Crippen LogP contribution is 2.33. The van der Waals surface area contributed by atoms with Crippen molar-refractivity contribution in [1.82, 2.24) is 0 Å². The Morgan fingerprint density at radius 3 is 1.95 bits per heavy atom. The molecule has 0 spiro atoms. The van der Waals surface area contributed by atoms with Gasteiger partial charge in [-0.2, -0.15) is 0 Å². The predicted molar refractivity (Wildman–Crippen MR) is 75.1 cm³/mol. The van der Waals surface area contributed by atoms with E-state index in [0.717, 1.165) is 33.8 Å². The van der Waals surface area contributed by atoms with Crippen molar-refractivity contribution in [2.24, 2.45) is 5.73 Å². The van der Waals surface area contributed by atoms with Crippen LogP contribution in [0.25, 0.3) is 0 Å². The topological polar surface area (TPSA) is 94.3 Å². The molecule has 0 fully saturated rings. The van der Waals surface area contributed by atoms with E-state index in [1.54, 1.807) is 6.07 Å². The van der Waals surface area contributed by atoms with E-state index in [4.69, 9.17) is 5.73 Å². The lowest BCUT2D eigenvalue weighted by molar-refractivity contribution is 0.599. The maximum Gasteiger partial charge on any atom is 0.225 e. The van der Waals surface area contributed by atoms with Crippen LogP contribution in [0.2, 0.25) is 0 Å². The van der Waals surface area contributed by atoms with Crippen LogP contribution in [0, 0.1) is 0 Å². The summed E-state index contributed by atoms with van der Waals surface area (Å²) in [5, 5.41) is 0. The molecule has 19 heavy (non-hydrogen) atoms. The maximum atomic E-state index is 12.3. The van der Waals surface area contributed by atoms with Crippen LogP contribution in [0.5, 0.6) is 0 Å². The normalized spacial score (nSPS) is 12.7. The van der Waals surface area contributed by atoms with E-state index in [-0.39, 0.29) is 19.2 Å². The van der Waals surface area contributed by atoms with Gasteiger partial charge in [-0.1, -0.05) is 0 Å². The van der Waals surface area contributed by atoms with E-state index in [9.17, 15) is 16.8 Å². The molecule has 0 aliphatic carbocycles. The molecule has 0 atom stereocenters. The third kappa shape index (κ3) is 2.90. The van der Waals surface area contributed by atoms with E-state index in [2.05, 4.69) is 0 Å². The second-order valence-electron chi connectivity index (χ2n) is 3.77. The largest absolute Gasteiger partial charge is 0.326 e. The fourth-order valence-corrected chi connectivity index (χ4v) is 6.65. The van der Waals surface area contributed by atoms with E-state index < -0.39 is 19.7 Å². The summed E-state index contributed by atoms with van der Waals surface area (Å²) in [4.78, 5) is 0.762. The number of sulfone groups is 2. The van der Waals surface area contributed by atoms with Crippen LogP contribution in [0.4, 0.5) is 0 Å². The van der Waals surface area contributed by atoms with E-state index in [1.165, 1.54) is 18.2 Å². The Bertz CT molecular complexity index is 798. The lowest BCUT2D eigenvalue weighted by atomic mass is 10.5. The van der Waals surface area contributed by atoms with Gasteiger partial charge in [0.05, 0.1) is 0 Å². The molecule has 0 aliphatic heterocycles. The number of thiophene rings is 2. The minimum absolute atomic E-state index is 0.0262. The molecule has 5 nitrogen and oxygen atoms in total. The van der Waals surface area contributed by atoms with Crippen LogP contribution in [0.1, 0.15) is 4.88 Å². The summed E-state index contributed by atoms with van der Waals surface area (Å²) < 4.78 is 47.5. The molecule has 2 heterocycles. The number of nitrogens with two attached hydrogens (primary N) is 1. The third-order valence-corrected chi connectivity index (χ3v) is 9.04. The van der Waals surface area contributed by atoms with Crippen molar-refractivity contribution in [2.45, 2.75) is 19.2 Å². The van der Waals surface area contributed by atoms with E-state index in [0.29, 0.717) is 0 Å². The van der Waals surface area contributed by atoms with Crippen molar-refractivity contribution in [1.29, 1.82) is 0 Å². The molecule has 0 unspecified atom stereocenters. The van der Waals surface area contributed by atoms with Crippen molar-refractivity contribution in [2.75, 3.05) is 6.26 Å². The quantitative estimate of drug-likeness (QED) is 0.912. The summed E-state index contributed by atoms with van der Waals surface area (Å²) in [6.45, 7) is 0.277. The number of rotatable bonds is 4. The predicted octanol–water partition coefficient (Wildman–Crippen LogP) is 1.50. The Morgan fingerprint density at radius 1 is 0.947 bits per heavy atom. The smallest absolute Gasteiger partial charge is 0.225 e. The van der Waals surface area contributed by atoms with Crippen LogP contribution in [-0.4, -0.2) is 23.1 Å². The SMILES string of the molecule is CS(=O)(=O)c1ccc(S(=O)(=O)c2ccc(CN)s2)s1. The van der Waals surface area contributed by atoms with Gasteiger partial charge >= 0.3 is 0 Å². The Hall–Kier alpha value is -0.740. The van der Waals surface area contributed by atoms with E-state index >= 15 is 0 Å². The molecule has 2 rings (SSSR count). The maximum absolute atomic E-state index is 12.3. The summed E-state index contributed by atoms with van der Waals surface area (Å²) >= 11 is 1.85. The molecular formula is C10H11NO4S4. The Labute approximate surface area is 119 Å². The summed E-state index contributed by atoms with van der Waals surface area (Å²) in [5.74, 6) is 0. The van der Waals surface area contributed by atoms with Gasteiger partial charge in [0.15, 0.2) is 9.84 Å². The zero-order valence-electron chi connectivity index (χ0n) is 9.86. The van der Waals surface area contributed by atoms with Gasteiger partial charge in [-0.15, -0.1) is 22.7 Å². The monoisotopic (exact) mass is 337 g/mol. The molecule has 104 valence electrons. The minimum Gasteiger partial charge on any atom is -0.326 e. The zero-order valence-corrected chi connectivity index (χ0v) is 13.1. The summed E-state index contributed by atoms with van der Waals surface area (Å²) in [5.41, 5.74) is 5.45. The van der Waals surface area contributed by atoms with Crippen molar-refractivity contribution >= 4 is 42.3 Å². The van der Waals surface area contributed by atoms with Gasteiger partial charge in [0.1, 0.15) is 12.6 Å². The molecule has 0 radical (unpaired) electrons. The second-order valence-corrected chi connectivity index (χ2v) is 10.7. The van der Waals surface area contributed by atoms with Crippen molar-refractivity contribution in [3.63, 3.8) is 0 Å². The van der Waals surface area contributed by atoms with Gasteiger partial charge in [-0.05, 0) is 24.3 Å². The standard InChI is InChI=1S/C10H11NO4S4/c1-18(12,13)8-4-5-10(17-8)19(14,15)9-3-2-7(6-11)16-9/h2-5H,6,11H2,1H3. The lowest BCUT2D eigenvalue weighted by Gasteiger charge is -1.97. The highest BCUT2D eigenvalue weighted by atomic mass is 32.3. The van der Waals surface area contributed by atoms with E-state index in [1.807, 2.05) is 0 Å². The number of hydrogen-bond acceptors (Lipinski definition) is 7. The fourth-order valence-electron chi connectivity index (χ4n) is 1.36. The first-order valence-electron chi connectivity index (χ1n) is 5.09. The molecule has 0 amide bonds. The second kappa shape index (κ2) is 4.98. The van der Waals surface area contributed by atoms with Gasteiger partial charge in [0.25, 0.3) is 0 Å². The number of hydrogen-bond donors (Lipinski definition) is 1. The van der Waals surface area contributed by atoms with Crippen molar-refractivity contribution in [3.05, 3.63) is 29.1 Å². The highest BCUT2D eigenvalue weighted by molar-refractivity contribution is 7.96. The summed E-state index contributed by atoms with van der Waals surface area (Å²) in [7, 11) is -7.04. The average Bonchev–Trinajstić information content (AvgIpc) is 2.98. The fraction of sp³-hybridized carbons (Fsp3) is 0.200. The Kier molecular flexibility index (Phi) is 3.85. The third-order valence-electron chi connectivity index (χ3n) is 2.29. The Morgan fingerprint density at radius 2 is 1.47 bits per heavy atom. The van der Waals surface area contributed by atoms with Crippen LogP contribution >= 0.6 is 22.7 Å². The molecule has 0 saturated heterocycles. The zero-order chi connectivity index (χ0) is 14.3. The molecule has 2 N–H and O–H groups in total. The van der Waals surface area contributed by atoms with Gasteiger partial charge in [0.2, 0.25) is 9.84 Å². The molecule has 0 saturated carbocycles. The van der Waals surface area contributed by atoms with Gasteiger partial charge in [-0.3, -0.25) is 0 Å². The summed E-state index contributed by atoms with van der Waals surface area (Å²) in [6, 6.07) is 5.77.